The number of nitrogens with one attached hydrogen (secondary N) is 2. The van der Waals surface area contributed by atoms with Gasteiger partial charge in [-0.15, -0.1) is 69.6 Å². The average Bonchev–Trinajstić information content (AvgIpc) is 2.69. The first kappa shape index (κ1) is 34.2. The molecule has 0 aliphatic heterocycles. The summed E-state index contributed by atoms with van der Waals surface area (Å²) in [5.41, 5.74) is 0. The van der Waals surface area contributed by atoms with Gasteiger partial charge in [0, 0.05) is 74.3 Å². The number of amidine groups is 2. The SMILES string of the molecule is N=C(CCCl)N(CCCl)CCCl.N=C(CCCl)N(CCCl)CCCl.O=C(O)C(=O)O. The summed E-state index contributed by atoms with van der Waals surface area (Å²) in [7, 11) is 0. The smallest absolute Gasteiger partial charge is 0.414 e. The number of alkyl halides is 6. The third-order valence-electron chi connectivity index (χ3n) is 3.03. The van der Waals surface area contributed by atoms with E-state index in [2.05, 4.69) is 0 Å². The number of carboxylic acid groups (broad SMARTS) is 2. The summed E-state index contributed by atoms with van der Waals surface area (Å²) in [4.78, 5) is 21.9. The molecule has 0 radical (unpaired) electrons. The number of nitrogens with zero attached hydrogens (tertiary/aromatic N) is 2. The van der Waals surface area contributed by atoms with Crippen LogP contribution in [0.1, 0.15) is 12.8 Å². The van der Waals surface area contributed by atoms with Crippen LogP contribution in [0, 0.1) is 10.8 Å². The van der Waals surface area contributed by atoms with E-state index in [1.807, 2.05) is 9.80 Å². The van der Waals surface area contributed by atoms with E-state index in [4.69, 9.17) is 100 Å². The maximum absolute atomic E-state index is 9.10. The first-order chi connectivity index (χ1) is 14.2. The normalized spacial score (nSPS) is 9.40. The van der Waals surface area contributed by atoms with Crippen LogP contribution >= 0.6 is 69.6 Å². The standard InChI is InChI=1S/2C7H13Cl3N2.C2H2O4/c2*8-2-1-7(11)12(5-3-9)6-4-10;3-1(4)2(5)6/h2*11H,1-6H2;(H,3,4)(H,5,6). The summed E-state index contributed by atoms with van der Waals surface area (Å²) in [5, 5.41) is 29.9. The zero-order valence-electron chi connectivity index (χ0n) is 16.4. The van der Waals surface area contributed by atoms with E-state index in [-0.39, 0.29) is 0 Å². The van der Waals surface area contributed by atoms with Crippen molar-refractivity contribution in [2.45, 2.75) is 12.8 Å². The molecular formula is C16H28Cl6N4O4. The number of rotatable bonds is 12. The maximum Gasteiger partial charge on any atom is 0.414 e. The fraction of sp³-hybridized carbons (Fsp3) is 0.750. The van der Waals surface area contributed by atoms with Gasteiger partial charge in [0.1, 0.15) is 0 Å². The van der Waals surface area contributed by atoms with Gasteiger partial charge in [-0.1, -0.05) is 0 Å². The van der Waals surface area contributed by atoms with Crippen molar-refractivity contribution in [1.82, 2.24) is 9.80 Å². The topological polar surface area (TPSA) is 129 Å². The lowest BCUT2D eigenvalue weighted by Gasteiger charge is -2.22. The van der Waals surface area contributed by atoms with Crippen molar-refractivity contribution in [2.24, 2.45) is 0 Å². The van der Waals surface area contributed by atoms with E-state index in [0.29, 0.717) is 86.0 Å². The molecule has 0 aromatic carbocycles. The van der Waals surface area contributed by atoms with Crippen LogP contribution in [0.25, 0.3) is 0 Å². The van der Waals surface area contributed by atoms with Crippen molar-refractivity contribution in [2.75, 3.05) is 61.5 Å². The summed E-state index contributed by atoms with van der Waals surface area (Å²) < 4.78 is 0. The lowest BCUT2D eigenvalue weighted by Crippen LogP contribution is -2.34. The quantitative estimate of drug-likeness (QED) is 0.126. The Bertz CT molecular complexity index is 435. The van der Waals surface area contributed by atoms with Crippen molar-refractivity contribution < 1.29 is 19.8 Å². The van der Waals surface area contributed by atoms with E-state index < -0.39 is 11.9 Å². The van der Waals surface area contributed by atoms with Crippen molar-refractivity contribution in [1.29, 1.82) is 10.8 Å². The number of hydrogen-bond donors (Lipinski definition) is 4. The van der Waals surface area contributed by atoms with Crippen LogP contribution in [0.5, 0.6) is 0 Å². The highest BCUT2D eigenvalue weighted by Gasteiger charge is 2.07. The molecule has 0 unspecified atom stereocenters. The van der Waals surface area contributed by atoms with Crippen LogP contribution < -0.4 is 0 Å². The zero-order chi connectivity index (χ0) is 23.9. The Balaban J connectivity index is -0.000000386. The Labute approximate surface area is 207 Å². The van der Waals surface area contributed by atoms with E-state index in [0.717, 1.165) is 0 Å². The minimum absolute atomic E-state index is 0.472. The highest BCUT2D eigenvalue weighted by atomic mass is 35.5. The summed E-state index contributed by atoms with van der Waals surface area (Å²) >= 11 is 33.3. The van der Waals surface area contributed by atoms with E-state index in [1.54, 1.807) is 0 Å². The Hall–Kier alpha value is -0.380. The summed E-state index contributed by atoms with van der Waals surface area (Å²) in [6, 6.07) is 0. The van der Waals surface area contributed by atoms with Crippen LogP contribution in [0.15, 0.2) is 0 Å². The predicted molar refractivity (Wildman–Crippen MR) is 127 cm³/mol. The predicted octanol–water partition coefficient (Wildman–Crippen LogP) is 3.90. The monoisotopic (exact) mass is 550 g/mol. The molecule has 0 spiro atoms. The molecule has 0 fully saturated rings. The average molecular weight is 553 g/mol. The summed E-state index contributed by atoms with van der Waals surface area (Å²) in [6.45, 7) is 2.68. The molecule has 0 rings (SSSR count). The molecule has 0 bridgehead atoms. The highest BCUT2D eigenvalue weighted by Crippen LogP contribution is 1.99. The zero-order valence-corrected chi connectivity index (χ0v) is 20.9. The molecule has 0 atom stereocenters. The molecule has 0 saturated carbocycles. The molecule has 30 heavy (non-hydrogen) atoms. The van der Waals surface area contributed by atoms with E-state index in [9.17, 15) is 0 Å². The molecule has 0 saturated heterocycles. The number of carboxylic acids is 2. The summed E-state index contributed by atoms with van der Waals surface area (Å²) in [6.07, 6.45) is 1.16. The second kappa shape index (κ2) is 24.9. The van der Waals surface area contributed by atoms with Gasteiger partial charge in [0.05, 0.1) is 11.7 Å². The minimum atomic E-state index is -1.82. The molecule has 0 aromatic rings. The van der Waals surface area contributed by atoms with Crippen molar-refractivity contribution in [3.05, 3.63) is 0 Å². The number of halogens is 6. The molecule has 14 heteroatoms. The lowest BCUT2D eigenvalue weighted by molar-refractivity contribution is -0.159. The molecule has 0 amide bonds. The molecule has 8 nitrogen and oxygen atoms in total. The molecule has 178 valence electrons. The molecule has 0 aliphatic carbocycles. The Morgan fingerprint density at radius 3 is 0.933 bits per heavy atom. The van der Waals surface area contributed by atoms with Crippen molar-refractivity contribution in [3.63, 3.8) is 0 Å². The van der Waals surface area contributed by atoms with Gasteiger partial charge in [0.15, 0.2) is 0 Å². The molecule has 4 N–H and O–H groups in total. The maximum atomic E-state index is 9.10. The van der Waals surface area contributed by atoms with Crippen LogP contribution in [-0.2, 0) is 9.59 Å². The first-order valence-electron chi connectivity index (χ1n) is 8.63. The molecular weight excluding hydrogens is 525 g/mol. The van der Waals surface area contributed by atoms with Gasteiger partial charge < -0.3 is 20.0 Å². The van der Waals surface area contributed by atoms with Crippen LogP contribution in [0.2, 0.25) is 0 Å². The fourth-order valence-corrected chi connectivity index (χ4v) is 2.84. The third kappa shape index (κ3) is 22.3. The minimum Gasteiger partial charge on any atom is -0.473 e. The molecule has 0 aromatic heterocycles. The van der Waals surface area contributed by atoms with Crippen molar-refractivity contribution in [3.8, 4) is 0 Å². The van der Waals surface area contributed by atoms with Crippen LogP contribution in [0.3, 0.4) is 0 Å². The Morgan fingerprint density at radius 1 is 0.567 bits per heavy atom. The van der Waals surface area contributed by atoms with Gasteiger partial charge in [-0.3, -0.25) is 10.8 Å². The van der Waals surface area contributed by atoms with Crippen molar-refractivity contribution >= 4 is 93.2 Å². The fourth-order valence-electron chi connectivity index (χ4n) is 1.67. The molecule has 0 heterocycles. The Kier molecular flexibility index (Phi) is 28.4. The van der Waals surface area contributed by atoms with Crippen LogP contribution in [-0.4, -0.2) is 105 Å². The van der Waals surface area contributed by atoms with Gasteiger partial charge in [-0.2, -0.15) is 0 Å². The van der Waals surface area contributed by atoms with Gasteiger partial charge in [0.25, 0.3) is 0 Å². The first-order valence-corrected chi connectivity index (χ1v) is 11.8. The Morgan fingerprint density at radius 2 is 0.800 bits per heavy atom. The van der Waals surface area contributed by atoms with Gasteiger partial charge in [-0.05, 0) is 0 Å². The van der Waals surface area contributed by atoms with E-state index >= 15 is 0 Å². The van der Waals surface area contributed by atoms with E-state index in [1.165, 1.54) is 0 Å². The highest BCUT2D eigenvalue weighted by molar-refractivity contribution is 6.27. The summed E-state index contributed by atoms with van der Waals surface area (Å²) in [5.74, 6) is 0.397. The second-order valence-corrected chi connectivity index (χ2v) is 7.38. The number of hydrogen-bond acceptors (Lipinski definition) is 4. The molecule has 0 aliphatic rings. The van der Waals surface area contributed by atoms with Gasteiger partial charge in [0.2, 0.25) is 0 Å². The second-order valence-electron chi connectivity index (χ2n) is 5.11. The number of aliphatic carboxylic acids is 2. The lowest BCUT2D eigenvalue weighted by atomic mass is 10.3. The van der Waals surface area contributed by atoms with Crippen LogP contribution in [0.4, 0.5) is 0 Å². The third-order valence-corrected chi connectivity index (χ3v) is 4.08. The van der Waals surface area contributed by atoms with Gasteiger partial charge in [-0.25, -0.2) is 9.59 Å². The van der Waals surface area contributed by atoms with Gasteiger partial charge >= 0.3 is 11.9 Å². The number of carbonyl (C=O) groups is 2. The largest absolute Gasteiger partial charge is 0.473 e.